The predicted octanol–water partition coefficient (Wildman–Crippen LogP) is 4.58. The van der Waals surface area contributed by atoms with Crippen LogP contribution in [0.15, 0.2) is 48.7 Å². The Morgan fingerprint density at radius 3 is 2.47 bits per heavy atom. The number of nitrogens with one attached hydrogen (secondary N) is 2. The number of hydrogen-bond acceptors (Lipinski definition) is 9. The molecule has 0 aliphatic heterocycles. The number of halogens is 1. The normalized spacial score (nSPS) is 10.8. The van der Waals surface area contributed by atoms with Crippen LogP contribution in [0.2, 0.25) is 5.02 Å². The molecule has 3 aromatic rings. The lowest BCUT2D eigenvalue weighted by Crippen LogP contribution is -2.33. The summed E-state index contributed by atoms with van der Waals surface area (Å²) >= 11 is 5.87. The molecule has 0 spiro atoms. The van der Waals surface area contributed by atoms with E-state index in [1.807, 2.05) is 0 Å². The average molecular weight is 630 g/mol. The fraction of sp³-hybridized carbons (Fsp3) is 0.310. The number of alkyl carbamates (subject to hydrolysis) is 1. The number of pyridine rings is 2. The van der Waals surface area contributed by atoms with Gasteiger partial charge in [0, 0.05) is 18.4 Å². The Morgan fingerprint density at radius 1 is 1.07 bits per heavy atom. The largest absolute Gasteiger partial charge is 0.493 e. The number of aromatic nitrogens is 2. The molecule has 43 heavy (non-hydrogen) atoms. The van der Waals surface area contributed by atoms with Gasteiger partial charge in [-0.3, -0.25) is 14.5 Å². The van der Waals surface area contributed by atoms with Crippen LogP contribution in [0, 0.1) is 13.8 Å². The maximum Gasteiger partial charge on any atom is 0.407 e. The standard InChI is InChI=1S/C29H32ClN5O7S/c1-18-7-10-21(23(15-18)41-14-6-13-31-28(38)42-29(3,4)5)27(37)35(17-43(39)40)22-11-8-19(2)33-25(22)26(36)34-24-12-9-20(30)16-32-24/h7-12,15-17H,6,13-14H2,1-5H3,(H,31,38)(H,32,34,36). The molecular formula is C29H32ClN5O7S. The zero-order valence-corrected chi connectivity index (χ0v) is 25.9. The van der Waals surface area contributed by atoms with Gasteiger partial charge in [-0.2, -0.15) is 8.42 Å². The van der Waals surface area contributed by atoms with Gasteiger partial charge in [0.2, 0.25) is 10.3 Å². The molecule has 2 heterocycles. The zero-order chi connectivity index (χ0) is 31.7. The van der Waals surface area contributed by atoms with Crippen molar-refractivity contribution >= 4 is 56.8 Å². The van der Waals surface area contributed by atoms with E-state index in [-0.39, 0.29) is 41.7 Å². The zero-order valence-electron chi connectivity index (χ0n) is 24.3. The van der Waals surface area contributed by atoms with Gasteiger partial charge >= 0.3 is 6.09 Å². The van der Waals surface area contributed by atoms with Gasteiger partial charge in [-0.15, -0.1) is 0 Å². The van der Waals surface area contributed by atoms with Crippen LogP contribution in [0.25, 0.3) is 0 Å². The van der Waals surface area contributed by atoms with Gasteiger partial charge in [0.1, 0.15) is 22.7 Å². The highest BCUT2D eigenvalue weighted by atomic mass is 35.5. The third-order valence-corrected chi connectivity index (χ3v) is 6.09. The molecule has 0 saturated carbocycles. The fourth-order valence-corrected chi connectivity index (χ4v) is 4.14. The summed E-state index contributed by atoms with van der Waals surface area (Å²) in [5, 5.41) is 5.58. The van der Waals surface area contributed by atoms with Gasteiger partial charge in [0.25, 0.3) is 11.8 Å². The molecule has 12 nitrogen and oxygen atoms in total. The molecular weight excluding hydrogens is 598 g/mol. The first-order chi connectivity index (χ1) is 20.2. The molecule has 2 aromatic heterocycles. The van der Waals surface area contributed by atoms with E-state index in [0.717, 1.165) is 10.5 Å². The van der Waals surface area contributed by atoms with Gasteiger partial charge in [0.15, 0.2) is 5.69 Å². The Morgan fingerprint density at radius 2 is 1.81 bits per heavy atom. The van der Waals surface area contributed by atoms with E-state index >= 15 is 0 Å². The predicted molar refractivity (Wildman–Crippen MR) is 163 cm³/mol. The van der Waals surface area contributed by atoms with Crippen molar-refractivity contribution in [2.45, 2.75) is 46.6 Å². The number of aryl methyl sites for hydroxylation is 2. The van der Waals surface area contributed by atoms with Crippen molar-refractivity contribution < 1.29 is 32.3 Å². The van der Waals surface area contributed by atoms with Crippen LogP contribution < -0.4 is 20.3 Å². The van der Waals surface area contributed by atoms with E-state index in [1.54, 1.807) is 52.8 Å². The van der Waals surface area contributed by atoms with Crippen LogP contribution >= 0.6 is 11.6 Å². The number of amides is 3. The van der Waals surface area contributed by atoms with E-state index in [9.17, 15) is 22.8 Å². The smallest absolute Gasteiger partial charge is 0.407 e. The van der Waals surface area contributed by atoms with Gasteiger partial charge in [-0.05, 0) is 83.0 Å². The van der Waals surface area contributed by atoms with Crippen LogP contribution in [0.4, 0.5) is 16.3 Å². The molecule has 0 aliphatic rings. The molecule has 1 aromatic carbocycles. The number of carbonyl (C=O) groups excluding carboxylic acids is 3. The van der Waals surface area contributed by atoms with Gasteiger partial charge in [-0.25, -0.2) is 14.8 Å². The second-order valence-corrected chi connectivity index (χ2v) is 11.5. The number of anilines is 2. The minimum Gasteiger partial charge on any atom is -0.493 e. The van der Waals surface area contributed by atoms with Crippen molar-refractivity contribution in [2.24, 2.45) is 0 Å². The second-order valence-electron chi connectivity index (χ2n) is 10.3. The first kappa shape index (κ1) is 33.0. The van der Waals surface area contributed by atoms with Crippen molar-refractivity contribution in [3.8, 4) is 5.75 Å². The van der Waals surface area contributed by atoms with Crippen LogP contribution in [0.1, 0.15) is 59.3 Å². The lowest BCUT2D eigenvalue weighted by molar-refractivity contribution is 0.0525. The molecule has 2 N–H and O–H groups in total. The Labute approximate surface area is 255 Å². The van der Waals surface area contributed by atoms with Crippen molar-refractivity contribution in [3.63, 3.8) is 0 Å². The maximum absolute atomic E-state index is 13.9. The third kappa shape index (κ3) is 10.1. The van der Waals surface area contributed by atoms with Crippen LogP contribution in [-0.2, 0) is 15.0 Å². The topological polar surface area (TPSA) is 157 Å². The fourth-order valence-electron chi connectivity index (χ4n) is 3.65. The maximum atomic E-state index is 13.9. The molecule has 0 fully saturated rings. The number of hydrogen-bond donors (Lipinski definition) is 2. The lowest BCUT2D eigenvalue weighted by atomic mass is 10.1. The van der Waals surface area contributed by atoms with Crippen LogP contribution in [0.3, 0.4) is 0 Å². The van der Waals surface area contributed by atoms with E-state index in [2.05, 4.69) is 20.6 Å². The molecule has 0 aliphatic carbocycles. The molecule has 3 amide bonds. The second kappa shape index (κ2) is 14.6. The quantitative estimate of drug-likeness (QED) is 0.242. The lowest BCUT2D eigenvalue weighted by Gasteiger charge is -2.21. The molecule has 0 radical (unpaired) electrons. The summed E-state index contributed by atoms with van der Waals surface area (Å²) in [4.78, 5) is 48.1. The van der Waals surface area contributed by atoms with Gasteiger partial charge in [-0.1, -0.05) is 17.7 Å². The first-order valence-electron chi connectivity index (χ1n) is 13.1. The number of nitrogens with zero attached hydrogens (tertiary/aromatic N) is 3. The van der Waals surface area contributed by atoms with E-state index in [1.165, 1.54) is 30.5 Å². The van der Waals surface area contributed by atoms with Gasteiger partial charge < -0.3 is 20.1 Å². The SMILES string of the molecule is Cc1ccc(C(=O)N(C=S(=O)=O)c2ccc(C)nc2C(=O)Nc2ccc(Cl)cn2)c(OCCCNC(=O)OC(C)(C)C)c1. The number of ether oxygens (including phenoxy) is 2. The van der Waals surface area contributed by atoms with E-state index in [4.69, 9.17) is 21.1 Å². The Bertz CT molecular complexity index is 1630. The number of carbonyl (C=O) groups is 3. The van der Waals surface area contributed by atoms with Crippen LogP contribution in [-0.4, -0.2) is 60.5 Å². The molecule has 0 bridgehead atoms. The summed E-state index contributed by atoms with van der Waals surface area (Å²) in [5.41, 5.74) is 1.00. The third-order valence-electron chi connectivity index (χ3n) is 5.48. The summed E-state index contributed by atoms with van der Waals surface area (Å²) in [5.74, 6) is -1.15. The van der Waals surface area contributed by atoms with Crippen molar-refractivity contribution in [1.29, 1.82) is 0 Å². The van der Waals surface area contributed by atoms with Crippen molar-refractivity contribution in [3.05, 3.63) is 76.2 Å². The molecule has 0 unspecified atom stereocenters. The Balaban J connectivity index is 1.88. The molecule has 0 saturated heterocycles. The Hall–Kier alpha value is -4.49. The van der Waals surface area contributed by atoms with E-state index in [0.29, 0.717) is 22.6 Å². The highest BCUT2D eigenvalue weighted by molar-refractivity contribution is 7.71. The molecule has 14 heteroatoms. The van der Waals surface area contributed by atoms with Crippen molar-refractivity contribution in [1.82, 2.24) is 15.3 Å². The minimum absolute atomic E-state index is 0.0405. The molecule has 3 rings (SSSR count). The van der Waals surface area contributed by atoms with Crippen molar-refractivity contribution in [2.75, 3.05) is 23.4 Å². The molecule has 0 atom stereocenters. The number of rotatable bonds is 10. The summed E-state index contributed by atoms with van der Waals surface area (Å²) in [6.45, 7) is 9.11. The summed E-state index contributed by atoms with van der Waals surface area (Å²) in [6.07, 6.45) is 1.18. The van der Waals surface area contributed by atoms with Gasteiger partial charge in [0.05, 0.1) is 22.9 Å². The highest BCUT2D eigenvalue weighted by Gasteiger charge is 2.26. The first-order valence-corrected chi connectivity index (χ1v) is 14.6. The summed E-state index contributed by atoms with van der Waals surface area (Å²) in [7, 11) is -2.84. The van der Waals surface area contributed by atoms with E-state index < -0.39 is 33.8 Å². The van der Waals surface area contributed by atoms with Crippen LogP contribution in [0.5, 0.6) is 5.75 Å². The summed E-state index contributed by atoms with van der Waals surface area (Å²) in [6, 6.07) is 10.8. The minimum atomic E-state index is -2.84. The number of benzene rings is 1. The summed E-state index contributed by atoms with van der Waals surface area (Å²) < 4.78 is 34.8. The average Bonchev–Trinajstić information content (AvgIpc) is 2.91. The Kier molecular flexibility index (Phi) is 11.2. The molecule has 228 valence electrons. The highest BCUT2D eigenvalue weighted by Crippen LogP contribution is 2.27. The monoisotopic (exact) mass is 629 g/mol.